The first-order valence-corrected chi connectivity index (χ1v) is 15.0. The van der Waals surface area contributed by atoms with Gasteiger partial charge in [0.2, 0.25) is 5.60 Å². The molecule has 0 saturated carbocycles. The Morgan fingerprint density at radius 2 is 1.54 bits per heavy atom. The van der Waals surface area contributed by atoms with E-state index in [9.17, 15) is 4.79 Å². The molecule has 5 rings (SSSR count). The Balaban J connectivity index is 1.44. The van der Waals surface area contributed by atoms with Crippen LogP contribution in [-0.4, -0.2) is 54.2 Å². The lowest BCUT2D eigenvalue weighted by Gasteiger charge is -2.47. The van der Waals surface area contributed by atoms with Crippen molar-refractivity contribution in [1.29, 1.82) is 0 Å². The standard InChI is InChI=1S/C32H43ClNO3/c1-2-3-12-25(23-33)24-36-32(26-13-6-4-7-14-26,27-15-8-5-9-16-27)31(35)37-30-21-28-17-18-29(22-30)34(28)19-10-11-20-34/h4-9,13-16,25,28-30H,2-3,10-12,17-24H2,1H3/q+1. The van der Waals surface area contributed by atoms with Gasteiger partial charge in [-0.05, 0) is 23.5 Å². The summed E-state index contributed by atoms with van der Waals surface area (Å²) >= 11 is 6.36. The van der Waals surface area contributed by atoms with Crippen molar-refractivity contribution in [3.05, 3.63) is 71.8 Å². The SMILES string of the molecule is CCCCC(CCl)COC(C(=O)OC1CC2CCC(C1)[N+]21CCCC1)(c1ccccc1)c1ccccc1. The number of alkyl halides is 1. The highest BCUT2D eigenvalue weighted by Gasteiger charge is 2.56. The van der Waals surface area contributed by atoms with Gasteiger partial charge in [-0.3, -0.25) is 0 Å². The maximum absolute atomic E-state index is 14.4. The van der Waals surface area contributed by atoms with Gasteiger partial charge in [0, 0.05) is 44.4 Å². The summed E-state index contributed by atoms with van der Waals surface area (Å²) in [5, 5.41) is 0. The molecule has 3 aliphatic rings. The van der Waals surface area contributed by atoms with Crippen LogP contribution in [0, 0.1) is 5.92 Å². The van der Waals surface area contributed by atoms with Crippen molar-refractivity contribution in [1.82, 2.24) is 0 Å². The van der Waals surface area contributed by atoms with E-state index >= 15 is 0 Å². The molecule has 4 nitrogen and oxygen atoms in total. The molecule has 3 unspecified atom stereocenters. The van der Waals surface area contributed by atoms with Gasteiger partial charge in [-0.2, -0.15) is 0 Å². The van der Waals surface area contributed by atoms with Crippen molar-refractivity contribution >= 4 is 17.6 Å². The number of rotatable bonds is 11. The number of carbonyl (C=O) groups excluding carboxylic acids is 1. The van der Waals surface area contributed by atoms with E-state index in [2.05, 4.69) is 6.92 Å². The fraction of sp³-hybridized carbons (Fsp3) is 0.594. The van der Waals surface area contributed by atoms with Gasteiger partial charge in [-0.15, -0.1) is 11.6 Å². The van der Waals surface area contributed by atoms with Crippen molar-refractivity contribution in [2.24, 2.45) is 5.92 Å². The molecule has 2 bridgehead atoms. The molecule has 3 heterocycles. The fourth-order valence-corrected chi connectivity index (χ4v) is 7.70. The molecule has 0 radical (unpaired) electrons. The summed E-state index contributed by atoms with van der Waals surface area (Å²) in [5.41, 5.74) is 0.323. The number of unbranched alkanes of at least 4 members (excludes halogenated alkanes) is 1. The minimum Gasteiger partial charge on any atom is -0.459 e. The number of halogens is 1. The molecule has 37 heavy (non-hydrogen) atoms. The van der Waals surface area contributed by atoms with Crippen LogP contribution in [0.4, 0.5) is 0 Å². The van der Waals surface area contributed by atoms with Gasteiger partial charge in [0.25, 0.3) is 0 Å². The highest BCUT2D eigenvalue weighted by Crippen LogP contribution is 2.47. The summed E-state index contributed by atoms with van der Waals surface area (Å²) in [6, 6.07) is 21.1. The normalized spacial score (nSPS) is 25.3. The second-order valence-electron chi connectivity index (χ2n) is 11.5. The van der Waals surface area contributed by atoms with Gasteiger partial charge in [0.15, 0.2) is 0 Å². The largest absolute Gasteiger partial charge is 0.459 e. The van der Waals surface area contributed by atoms with Crippen molar-refractivity contribution in [3.8, 4) is 0 Å². The minimum absolute atomic E-state index is 0.0475. The third kappa shape index (κ3) is 5.22. The van der Waals surface area contributed by atoms with E-state index in [1.54, 1.807) is 0 Å². The van der Waals surface area contributed by atoms with Gasteiger partial charge >= 0.3 is 5.97 Å². The van der Waals surface area contributed by atoms with Gasteiger partial charge in [0.05, 0.1) is 31.8 Å². The number of benzene rings is 2. The van der Waals surface area contributed by atoms with Crippen LogP contribution in [0.5, 0.6) is 0 Å². The second-order valence-corrected chi connectivity index (χ2v) is 11.8. The first kappa shape index (κ1) is 26.7. The lowest BCUT2D eigenvalue weighted by atomic mass is 9.85. The number of piperidine rings is 1. The van der Waals surface area contributed by atoms with Crippen molar-refractivity contribution in [2.75, 3.05) is 25.6 Å². The van der Waals surface area contributed by atoms with Crippen LogP contribution in [0.2, 0.25) is 0 Å². The van der Waals surface area contributed by atoms with E-state index < -0.39 is 5.60 Å². The third-order valence-corrected chi connectivity index (χ3v) is 9.83. The number of nitrogens with zero attached hydrogens (tertiary/aromatic N) is 1. The molecule has 0 aliphatic carbocycles. The molecule has 0 N–H and O–H groups in total. The molecule has 3 fully saturated rings. The Hall–Kier alpha value is -1.88. The van der Waals surface area contributed by atoms with E-state index in [-0.39, 0.29) is 18.0 Å². The number of hydrogen-bond acceptors (Lipinski definition) is 3. The Kier molecular flexibility index (Phi) is 8.58. The van der Waals surface area contributed by atoms with Gasteiger partial charge in [-0.25, -0.2) is 4.79 Å². The van der Waals surface area contributed by atoms with Crippen LogP contribution in [-0.2, 0) is 19.9 Å². The van der Waals surface area contributed by atoms with Crippen molar-refractivity contribution < 1.29 is 18.8 Å². The summed E-state index contributed by atoms with van der Waals surface area (Å²) in [6.45, 7) is 5.23. The van der Waals surface area contributed by atoms with Crippen LogP contribution in [0.25, 0.3) is 0 Å². The van der Waals surface area contributed by atoms with Gasteiger partial charge in [-0.1, -0.05) is 80.4 Å². The highest BCUT2D eigenvalue weighted by molar-refractivity contribution is 6.18. The first-order valence-electron chi connectivity index (χ1n) is 14.5. The molecule has 1 spiro atoms. The van der Waals surface area contributed by atoms with E-state index in [0.29, 0.717) is 24.6 Å². The van der Waals surface area contributed by atoms with Gasteiger partial charge in [0.1, 0.15) is 6.10 Å². The average Bonchev–Trinajstić information content (AvgIpc) is 3.48. The maximum Gasteiger partial charge on any atom is 0.348 e. The van der Waals surface area contributed by atoms with Crippen LogP contribution in [0.15, 0.2) is 60.7 Å². The number of carbonyl (C=O) groups is 1. The molecule has 3 aliphatic heterocycles. The van der Waals surface area contributed by atoms with E-state index in [1.165, 1.54) is 43.3 Å². The molecule has 3 saturated heterocycles. The van der Waals surface area contributed by atoms with Crippen LogP contribution >= 0.6 is 11.6 Å². The van der Waals surface area contributed by atoms with E-state index in [1.807, 2.05) is 60.7 Å². The first-order chi connectivity index (χ1) is 18.1. The number of hydrogen-bond donors (Lipinski definition) is 0. The van der Waals surface area contributed by atoms with Crippen molar-refractivity contribution in [3.63, 3.8) is 0 Å². The second kappa shape index (κ2) is 11.9. The highest BCUT2D eigenvalue weighted by atomic mass is 35.5. The summed E-state index contributed by atoms with van der Waals surface area (Å²) < 4.78 is 14.5. The zero-order chi connectivity index (χ0) is 25.7. The minimum atomic E-state index is -1.31. The monoisotopic (exact) mass is 524 g/mol. The average molecular weight is 525 g/mol. The predicted molar refractivity (Wildman–Crippen MR) is 149 cm³/mol. The zero-order valence-corrected chi connectivity index (χ0v) is 23.1. The van der Waals surface area contributed by atoms with Crippen molar-refractivity contribution in [2.45, 2.75) is 88.5 Å². The molecule has 200 valence electrons. The van der Waals surface area contributed by atoms with E-state index in [0.717, 1.165) is 43.2 Å². The smallest absolute Gasteiger partial charge is 0.348 e. The summed E-state index contributed by atoms with van der Waals surface area (Å²) in [5.74, 6) is 0.417. The summed E-state index contributed by atoms with van der Waals surface area (Å²) in [7, 11) is 0. The summed E-state index contributed by atoms with van der Waals surface area (Å²) in [4.78, 5) is 14.4. The van der Waals surface area contributed by atoms with Gasteiger partial charge < -0.3 is 14.0 Å². The maximum atomic E-state index is 14.4. The molecule has 0 amide bonds. The Morgan fingerprint density at radius 3 is 2.05 bits per heavy atom. The number of quaternary nitrogens is 1. The lowest BCUT2D eigenvalue weighted by molar-refractivity contribution is -0.956. The van der Waals surface area contributed by atoms with Crippen LogP contribution in [0.1, 0.15) is 75.8 Å². The number of ether oxygens (including phenoxy) is 2. The molecule has 3 atom stereocenters. The van der Waals surface area contributed by atoms with Crippen LogP contribution < -0.4 is 0 Å². The zero-order valence-electron chi connectivity index (χ0n) is 22.3. The Morgan fingerprint density at radius 1 is 0.973 bits per heavy atom. The summed E-state index contributed by atoms with van der Waals surface area (Å²) in [6.07, 6.45) is 10.3. The lowest BCUT2D eigenvalue weighted by Crippen LogP contribution is -2.60. The molecule has 2 aromatic rings. The van der Waals surface area contributed by atoms with E-state index in [4.69, 9.17) is 21.1 Å². The van der Waals surface area contributed by atoms with Crippen LogP contribution in [0.3, 0.4) is 0 Å². The Bertz CT molecular complexity index is 952. The molecule has 5 heteroatoms. The fourth-order valence-electron chi connectivity index (χ4n) is 7.46. The predicted octanol–water partition coefficient (Wildman–Crippen LogP) is 6.84. The molecular weight excluding hydrogens is 482 g/mol. The quantitative estimate of drug-likeness (QED) is 0.183. The molecule has 2 aromatic carbocycles. The Labute approximate surface area is 227 Å². The number of esters is 1. The third-order valence-electron chi connectivity index (χ3n) is 9.40. The molecule has 0 aromatic heterocycles. The topological polar surface area (TPSA) is 35.5 Å². The molecular formula is C32H43ClNO3+.